The fourth-order valence-corrected chi connectivity index (χ4v) is 3.75. The van der Waals surface area contributed by atoms with Crippen molar-refractivity contribution in [3.63, 3.8) is 0 Å². The molecule has 104 valence electrons. The van der Waals surface area contributed by atoms with Gasteiger partial charge in [0.2, 0.25) is 5.78 Å². The zero-order valence-electron chi connectivity index (χ0n) is 11.9. The molecule has 0 saturated heterocycles. The monoisotopic (exact) mass is 264 g/mol. The van der Waals surface area contributed by atoms with Crippen molar-refractivity contribution in [2.24, 2.45) is 16.7 Å². The molecule has 5 heteroatoms. The Morgan fingerprint density at radius 1 is 1.32 bits per heavy atom. The number of carbonyl (C=O) groups is 2. The molecule has 0 aliphatic heterocycles. The van der Waals surface area contributed by atoms with Crippen LogP contribution in [0.25, 0.3) is 5.53 Å². The first kappa shape index (κ1) is 13.9. The van der Waals surface area contributed by atoms with Gasteiger partial charge in [0.15, 0.2) is 0 Å². The first-order chi connectivity index (χ1) is 8.74. The topological polar surface area (TPSA) is 79.8 Å². The van der Waals surface area contributed by atoms with E-state index in [9.17, 15) is 9.59 Å². The molecule has 19 heavy (non-hydrogen) atoms. The van der Waals surface area contributed by atoms with Crippen molar-refractivity contribution in [2.45, 2.75) is 53.1 Å². The number of Topliss-reactive ketones (excluding diaryl/α,β-unsaturated/α-hetero) is 1. The Morgan fingerprint density at radius 2 is 1.95 bits per heavy atom. The summed E-state index contributed by atoms with van der Waals surface area (Å²) in [4.78, 5) is 25.8. The van der Waals surface area contributed by atoms with E-state index in [0.717, 1.165) is 19.3 Å². The summed E-state index contributed by atoms with van der Waals surface area (Å²) < 4.78 is 5.45. The summed E-state index contributed by atoms with van der Waals surface area (Å²) in [5.74, 6) is -0.855. The average molecular weight is 264 g/mol. The maximum atomic E-state index is 11.9. The maximum Gasteiger partial charge on any atom is 0.441 e. The van der Waals surface area contributed by atoms with E-state index < -0.39 is 17.5 Å². The van der Waals surface area contributed by atoms with Gasteiger partial charge in [-0.1, -0.05) is 20.8 Å². The van der Waals surface area contributed by atoms with Crippen LogP contribution in [0.15, 0.2) is 0 Å². The summed E-state index contributed by atoms with van der Waals surface area (Å²) in [5.41, 5.74) is 8.25. The summed E-state index contributed by atoms with van der Waals surface area (Å²) in [6, 6.07) is 0. The molecule has 5 nitrogen and oxygen atoms in total. The van der Waals surface area contributed by atoms with E-state index >= 15 is 0 Å². The number of esters is 1. The van der Waals surface area contributed by atoms with Crippen LogP contribution in [0.1, 0.15) is 47.0 Å². The lowest BCUT2D eigenvalue weighted by Crippen LogP contribution is -2.40. The Morgan fingerprint density at radius 3 is 2.32 bits per heavy atom. The van der Waals surface area contributed by atoms with E-state index in [0.29, 0.717) is 5.92 Å². The third-order valence-corrected chi connectivity index (χ3v) is 5.59. The van der Waals surface area contributed by atoms with Gasteiger partial charge in [0.1, 0.15) is 6.10 Å². The number of rotatable bonds is 3. The second-order valence-corrected chi connectivity index (χ2v) is 6.51. The molecule has 0 amide bonds. The Labute approximate surface area is 112 Å². The molecule has 0 aromatic rings. The van der Waals surface area contributed by atoms with Crippen molar-refractivity contribution in [2.75, 3.05) is 0 Å². The molecule has 2 fully saturated rings. The Bertz CT molecular complexity index is 491. The number of fused-ring (bicyclic) bond motifs is 2. The smallest absolute Gasteiger partial charge is 0.441 e. The molecular formula is C14H20N2O3. The molecule has 0 unspecified atom stereocenters. The van der Waals surface area contributed by atoms with Gasteiger partial charge >= 0.3 is 11.7 Å². The number of hydrogen-bond acceptors (Lipinski definition) is 3. The van der Waals surface area contributed by atoms with Gasteiger partial charge in [-0.15, -0.1) is 0 Å². The lowest BCUT2D eigenvalue weighted by molar-refractivity contribution is -0.153. The molecule has 2 rings (SSSR count). The lowest BCUT2D eigenvalue weighted by atomic mass is 9.70. The van der Waals surface area contributed by atoms with E-state index in [4.69, 9.17) is 10.3 Å². The van der Waals surface area contributed by atoms with Gasteiger partial charge in [-0.2, -0.15) is 4.79 Å². The van der Waals surface area contributed by atoms with Gasteiger partial charge in [0.25, 0.3) is 0 Å². The Hall–Kier alpha value is -1.48. The summed E-state index contributed by atoms with van der Waals surface area (Å²) in [6.07, 6.45) is 2.80. The van der Waals surface area contributed by atoms with Crippen LogP contribution in [0.2, 0.25) is 0 Å². The maximum absolute atomic E-state index is 11.9. The molecular weight excluding hydrogens is 244 g/mol. The number of nitrogens with zero attached hydrogens (tertiary/aromatic N) is 2. The Balaban J connectivity index is 2.17. The average Bonchev–Trinajstić information content (AvgIpc) is 2.62. The predicted molar refractivity (Wildman–Crippen MR) is 68.4 cm³/mol. The van der Waals surface area contributed by atoms with Gasteiger partial charge in [0, 0.05) is 12.3 Å². The lowest BCUT2D eigenvalue weighted by Gasteiger charge is -2.38. The largest absolute Gasteiger partial charge is 0.453 e. The molecule has 0 aromatic carbocycles. The van der Waals surface area contributed by atoms with E-state index in [1.807, 2.05) is 0 Å². The minimum absolute atomic E-state index is 0.0648. The van der Waals surface area contributed by atoms with Crippen LogP contribution >= 0.6 is 0 Å². The van der Waals surface area contributed by atoms with Crippen molar-refractivity contribution < 1.29 is 19.1 Å². The van der Waals surface area contributed by atoms with Gasteiger partial charge in [-0.25, -0.2) is 4.79 Å². The highest BCUT2D eigenvalue weighted by Gasteiger charge is 2.63. The van der Waals surface area contributed by atoms with Gasteiger partial charge in [-0.05, 0) is 30.6 Å². The van der Waals surface area contributed by atoms with Crippen LogP contribution in [-0.4, -0.2) is 28.4 Å². The van der Waals surface area contributed by atoms with Crippen molar-refractivity contribution >= 4 is 17.5 Å². The fraction of sp³-hybridized carbons (Fsp3) is 0.786. The summed E-state index contributed by atoms with van der Waals surface area (Å²) in [7, 11) is 0. The van der Waals surface area contributed by atoms with Crippen LogP contribution in [0.5, 0.6) is 0 Å². The van der Waals surface area contributed by atoms with E-state index in [1.165, 1.54) is 6.92 Å². The molecule has 2 aliphatic carbocycles. The van der Waals surface area contributed by atoms with Crippen LogP contribution in [0, 0.1) is 16.7 Å². The molecule has 0 spiro atoms. The highest BCUT2D eigenvalue weighted by Crippen LogP contribution is 2.66. The minimum atomic E-state index is -0.815. The van der Waals surface area contributed by atoms with Crippen LogP contribution in [-0.2, 0) is 14.3 Å². The summed E-state index contributed by atoms with van der Waals surface area (Å²) in [5, 5.41) is 0. The van der Waals surface area contributed by atoms with Gasteiger partial charge < -0.3 is 10.3 Å². The van der Waals surface area contributed by atoms with E-state index in [-0.39, 0.29) is 16.9 Å². The number of ketones is 1. The third kappa shape index (κ3) is 1.84. The van der Waals surface area contributed by atoms with Crippen molar-refractivity contribution in [3.05, 3.63) is 5.53 Å². The van der Waals surface area contributed by atoms with Gasteiger partial charge in [0.05, 0.1) is 0 Å². The van der Waals surface area contributed by atoms with Crippen molar-refractivity contribution in [3.8, 4) is 0 Å². The number of hydrogen-bond donors (Lipinski definition) is 0. The normalized spacial score (nSPS) is 34.7. The zero-order valence-corrected chi connectivity index (χ0v) is 11.9. The molecule has 2 aliphatic rings. The molecule has 2 bridgehead atoms. The quantitative estimate of drug-likeness (QED) is 0.257. The fourth-order valence-electron chi connectivity index (χ4n) is 3.75. The standard InChI is InChI=1S/C14H20N2O3/c1-8(17)11(16-15)12(18)19-10-7-9-5-6-14(10,4)13(9,2)3/h9-10H,5-7H2,1-4H3/t9-,10-,14+/m1/s1. The van der Waals surface area contributed by atoms with E-state index in [2.05, 4.69) is 25.6 Å². The van der Waals surface area contributed by atoms with Crippen LogP contribution in [0.4, 0.5) is 0 Å². The number of ether oxygens (including phenoxy) is 1. The molecule has 0 heterocycles. The summed E-state index contributed by atoms with van der Waals surface area (Å²) in [6.45, 7) is 7.75. The Kier molecular flexibility index (Phi) is 3.13. The van der Waals surface area contributed by atoms with Gasteiger partial charge in [-0.3, -0.25) is 4.79 Å². The highest BCUT2D eigenvalue weighted by atomic mass is 16.5. The first-order valence-electron chi connectivity index (χ1n) is 6.68. The molecule has 3 atom stereocenters. The zero-order chi connectivity index (χ0) is 14.4. The third-order valence-electron chi connectivity index (χ3n) is 5.59. The summed E-state index contributed by atoms with van der Waals surface area (Å²) >= 11 is 0. The second-order valence-electron chi connectivity index (χ2n) is 6.51. The van der Waals surface area contributed by atoms with Crippen LogP contribution in [0.3, 0.4) is 0 Å². The van der Waals surface area contributed by atoms with Crippen molar-refractivity contribution in [1.82, 2.24) is 0 Å². The molecule has 2 saturated carbocycles. The predicted octanol–water partition coefficient (Wildman–Crippen LogP) is 2.00. The van der Waals surface area contributed by atoms with Crippen molar-refractivity contribution in [1.29, 1.82) is 0 Å². The van der Waals surface area contributed by atoms with E-state index in [1.54, 1.807) is 0 Å². The molecule has 0 aromatic heterocycles. The van der Waals surface area contributed by atoms with Crippen LogP contribution < -0.4 is 0 Å². The first-order valence-corrected chi connectivity index (χ1v) is 6.68. The second kappa shape index (κ2) is 4.27. The number of carbonyl (C=O) groups excluding carboxylic acids is 2. The molecule has 0 N–H and O–H groups in total. The minimum Gasteiger partial charge on any atom is -0.453 e. The highest BCUT2D eigenvalue weighted by molar-refractivity contribution is 6.61. The molecule has 0 radical (unpaired) electrons. The SMILES string of the molecule is CC(=O)C(=[N+]=[N-])C(=O)O[C@@H]1C[C@H]2CC[C@]1(C)C2(C)C.